The van der Waals surface area contributed by atoms with E-state index >= 15 is 0 Å². The maximum absolute atomic E-state index is 12.1. The Balaban J connectivity index is 1.86. The van der Waals surface area contributed by atoms with Gasteiger partial charge >= 0.3 is 0 Å². The third-order valence-corrected chi connectivity index (χ3v) is 5.15. The Hall–Kier alpha value is -1.16. The van der Waals surface area contributed by atoms with Crippen molar-refractivity contribution in [2.45, 2.75) is 58.9 Å². The van der Waals surface area contributed by atoms with Crippen LogP contribution in [0.3, 0.4) is 0 Å². The van der Waals surface area contributed by atoms with Crippen LogP contribution < -0.4 is 5.32 Å². The lowest BCUT2D eigenvalue weighted by atomic mass is 9.69. The Kier molecular flexibility index (Phi) is 5.20. The van der Waals surface area contributed by atoms with Gasteiger partial charge in [-0.25, -0.2) is 0 Å². The topological polar surface area (TPSA) is 54.9 Å². The number of nitrogens with one attached hydrogen (secondary N) is 1. The number of hydrogen-bond donors (Lipinski definition) is 1. The molecule has 1 aromatic rings. The molecule has 5 heteroatoms. The van der Waals surface area contributed by atoms with Gasteiger partial charge in [-0.2, -0.15) is 0 Å². The molecule has 4 nitrogen and oxygen atoms in total. The Morgan fingerprint density at radius 1 is 1.29 bits per heavy atom. The second-order valence-electron chi connectivity index (χ2n) is 6.61. The van der Waals surface area contributed by atoms with Gasteiger partial charge in [-0.15, -0.1) is 10.2 Å². The molecular weight excluding hydrogens is 286 g/mol. The first-order valence-electron chi connectivity index (χ1n) is 7.72. The molecule has 0 atom stereocenters. The molecule has 0 saturated heterocycles. The van der Waals surface area contributed by atoms with Gasteiger partial charge in [-0.3, -0.25) is 4.79 Å². The largest absolute Gasteiger partial charge is 0.348 e. The van der Waals surface area contributed by atoms with E-state index in [9.17, 15) is 4.79 Å². The van der Waals surface area contributed by atoms with Gasteiger partial charge in [0.05, 0.1) is 0 Å². The summed E-state index contributed by atoms with van der Waals surface area (Å²) in [5.41, 5.74) is 0.729. The van der Waals surface area contributed by atoms with Gasteiger partial charge < -0.3 is 5.32 Å². The van der Waals surface area contributed by atoms with Crippen molar-refractivity contribution in [1.82, 2.24) is 15.5 Å². The minimum atomic E-state index is -0.155. The first kappa shape index (κ1) is 16.2. The van der Waals surface area contributed by atoms with E-state index in [2.05, 4.69) is 36.3 Å². The SMILES string of the molecule is CCC(C)(C)C1CCC(NC(=O)c2ccc(Cl)nn2)CC1. The number of amides is 1. The third-order valence-electron chi connectivity index (χ3n) is 4.94. The van der Waals surface area contributed by atoms with Gasteiger partial charge in [-0.1, -0.05) is 38.8 Å². The first-order chi connectivity index (χ1) is 9.92. The van der Waals surface area contributed by atoms with Crippen molar-refractivity contribution in [3.63, 3.8) is 0 Å². The Morgan fingerprint density at radius 3 is 2.48 bits per heavy atom. The summed E-state index contributed by atoms with van der Waals surface area (Å²) in [6.45, 7) is 6.95. The fourth-order valence-electron chi connectivity index (χ4n) is 3.00. The fraction of sp³-hybridized carbons (Fsp3) is 0.688. The van der Waals surface area contributed by atoms with Crippen LogP contribution in [-0.2, 0) is 0 Å². The Morgan fingerprint density at radius 2 is 1.95 bits per heavy atom. The van der Waals surface area contributed by atoms with Crippen molar-refractivity contribution >= 4 is 17.5 Å². The Bertz CT molecular complexity index is 479. The molecule has 21 heavy (non-hydrogen) atoms. The van der Waals surface area contributed by atoms with Crippen molar-refractivity contribution in [2.24, 2.45) is 11.3 Å². The van der Waals surface area contributed by atoms with Crippen LogP contribution >= 0.6 is 11.6 Å². The zero-order valence-corrected chi connectivity index (χ0v) is 13.8. The molecule has 1 amide bonds. The van der Waals surface area contributed by atoms with E-state index in [1.165, 1.54) is 19.3 Å². The number of carbonyl (C=O) groups excluding carboxylic acids is 1. The van der Waals surface area contributed by atoms with E-state index in [-0.39, 0.29) is 11.9 Å². The summed E-state index contributed by atoms with van der Waals surface area (Å²) < 4.78 is 0. The molecule has 0 radical (unpaired) electrons. The predicted octanol–water partition coefficient (Wildman–Crippen LogP) is 3.85. The summed E-state index contributed by atoms with van der Waals surface area (Å²) in [6, 6.07) is 3.44. The molecule has 0 aromatic carbocycles. The van der Waals surface area contributed by atoms with Gasteiger partial charge in [0, 0.05) is 6.04 Å². The van der Waals surface area contributed by atoms with Gasteiger partial charge in [-0.05, 0) is 49.1 Å². The summed E-state index contributed by atoms with van der Waals surface area (Å²) in [4.78, 5) is 12.1. The molecule has 1 N–H and O–H groups in total. The molecule has 1 fully saturated rings. The predicted molar refractivity (Wildman–Crippen MR) is 84.3 cm³/mol. The molecule has 0 spiro atoms. The molecular formula is C16H24ClN3O. The van der Waals surface area contributed by atoms with Gasteiger partial charge in [0.25, 0.3) is 5.91 Å². The van der Waals surface area contributed by atoms with E-state index in [4.69, 9.17) is 11.6 Å². The molecule has 0 bridgehead atoms. The summed E-state index contributed by atoms with van der Waals surface area (Å²) in [5.74, 6) is 0.600. The average molecular weight is 310 g/mol. The maximum Gasteiger partial charge on any atom is 0.272 e. The van der Waals surface area contributed by atoms with Crippen molar-refractivity contribution in [1.29, 1.82) is 0 Å². The molecule has 0 aliphatic heterocycles. The summed E-state index contributed by atoms with van der Waals surface area (Å²) in [5, 5.41) is 10.9. The van der Waals surface area contributed by atoms with Crippen LogP contribution in [-0.4, -0.2) is 22.1 Å². The highest BCUT2D eigenvalue weighted by molar-refractivity contribution is 6.29. The normalized spacial score (nSPS) is 22.9. The summed E-state index contributed by atoms with van der Waals surface area (Å²) in [7, 11) is 0. The average Bonchev–Trinajstić information content (AvgIpc) is 2.48. The number of aromatic nitrogens is 2. The van der Waals surface area contributed by atoms with E-state index in [1.807, 2.05) is 0 Å². The van der Waals surface area contributed by atoms with Gasteiger partial charge in [0.15, 0.2) is 10.8 Å². The molecule has 116 valence electrons. The molecule has 1 aliphatic carbocycles. The van der Waals surface area contributed by atoms with Crippen molar-refractivity contribution < 1.29 is 4.79 Å². The van der Waals surface area contributed by atoms with Crippen LogP contribution in [0.15, 0.2) is 12.1 Å². The van der Waals surface area contributed by atoms with E-state index in [0.29, 0.717) is 16.3 Å². The smallest absolute Gasteiger partial charge is 0.272 e. The fourth-order valence-corrected chi connectivity index (χ4v) is 3.11. The standard InChI is InChI=1S/C16H24ClN3O/c1-4-16(2,3)11-5-7-12(8-6-11)18-15(21)13-9-10-14(17)20-19-13/h9-12H,4-8H2,1-3H3,(H,18,21). The van der Waals surface area contributed by atoms with Crippen LogP contribution in [0.2, 0.25) is 5.15 Å². The second-order valence-corrected chi connectivity index (χ2v) is 6.99. The van der Waals surface area contributed by atoms with Crippen LogP contribution in [0.25, 0.3) is 0 Å². The lowest BCUT2D eigenvalue weighted by Crippen LogP contribution is -2.40. The monoisotopic (exact) mass is 309 g/mol. The van der Waals surface area contributed by atoms with Crippen LogP contribution in [0.5, 0.6) is 0 Å². The molecule has 1 heterocycles. The van der Waals surface area contributed by atoms with Crippen LogP contribution in [0.1, 0.15) is 63.4 Å². The van der Waals surface area contributed by atoms with Crippen molar-refractivity contribution in [3.8, 4) is 0 Å². The van der Waals surface area contributed by atoms with Crippen molar-refractivity contribution in [3.05, 3.63) is 23.0 Å². The molecule has 2 rings (SSSR count). The summed E-state index contributed by atoms with van der Waals surface area (Å²) in [6.07, 6.45) is 5.65. The number of nitrogens with zero attached hydrogens (tertiary/aromatic N) is 2. The number of rotatable bonds is 4. The third kappa shape index (κ3) is 4.16. The first-order valence-corrected chi connectivity index (χ1v) is 8.10. The second kappa shape index (κ2) is 6.73. The van der Waals surface area contributed by atoms with E-state index in [0.717, 1.165) is 18.8 Å². The lowest BCUT2D eigenvalue weighted by molar-refractivity contribution is 0.0887. The quantitative estimate of drug-likeness (QED) is 0.919. The van der Waals surface area contributed by atoms with E-state index in [1.54, 1.807) is 12.1 Å². The van der Waals surface area contributed by atoms with Crippen LogP contribution in [0, 0.1) is 11.3 Å². The molecule has 1 saturated carbocycles. The number of halogens is 1. The van der Waals surface area contributed by atoms with Crippen molar-refractivity contribution in [2.75, 3.05) is 0 Å². The molecule has 1 aromatic heterocycles. The number of hydrogen-bond acceptors (Lipinski definition) is 3. The Labute approximate surface area is 131 Å². The van der Waals surface area contributed by atoms with Gasteiger partial charge in [0.2, 0.25) is 0 Å². The van der Waals surface area contributed by atoms with E-state index < -0.39 is 0 Å². The lowest BCUT2D eigenvalue weighted by Gasteiger charge is -2.39. The number of carbonyl (C=O) groups is 1. The van der Waals surface area contributed by atoms with Crippen LogP contribution in [0.4, 0.5) is 0 Å². The highest BCUT2D eigenvalue weighted by atomic mass is 35.5. The summed E-state index contributed by atoms with van der Waals surface area (Å²) >= 11 is 5.68. The zero-order chi connectivity index (χ0) is 15.5. The molecule has 0 unspecified atom stereocenters. The molecule has 1 aliphatic rings. The minimum Gasteiger partial charge on any atom is -0.348 e. The highest BCUT2D eigenvalue weighted by Gasteiger charge is 2.32. The minimum absolute atomic E-state index is 0.155. The zero-order valence-electron chi connectivity index (χ0n) is 13.0. The van der Waals surface area contributed by atoms with Gasteiger partial charge in [0.1, 0.15) is 0 Å². The maximum atomic E-state index is 12.1. The highest BCUT2D eigenvalue weighted by Crippen LogP contribution is 2.40.